The molecule has 0 unspecified atom stereocenters. The first-order valence-corrected chi connectivity index (χ1v) is 11.0. The molecule has 1 aliphatic carbocycles. The van der Waals surface area contributed by atoms with Crippen LogP contribution in [0.4, 0.5) is 0 Å². The van der Waals surface area contributed by atoms with E-state index in [2.05, 4.69) is 25.9 Å². The number of carbonyl (C=O) groups excluding carboxylic acids is 2. The third kappa shape index (κ3) is 3.76. The third-order valence-corrected chi connectivity index (χ3v) is 5.91. The fraction of sp³-hybridized carbons (Fsp3) is 0.0370. The maximum atomic E-state index is 12.8. The predicted octanol–water partition coefficient (Wildman–Crippen LogP) is 3.87. The smallest absolute Gasteiger partial charge is 0.271 e. The molecule has 0 fully saturated rings. The third-order valence-electron chi connectivity index (χ3n) is 5.91. The summed E-state index contributed by atoms with van der Waals surface area (Å²) < 4.78 is 0. The van der Waals surface area contributed by atoms with Gasteiger partial charge in [0.15, 0.2) is 0 Å². The summed E-state index contributed by atoms with van der Waals surface area (Å²) >= 11 is 0. The van der Waals surface area contributed by atoms with E-state index in [0.717, 1.165) is 27.5 Å². The number of rotatable bonds is 5. The molecule has 1 aliphatic rings. The Kier molecular flexibility index (Phi) is 4.96. The quantitative estimate of drug-likeness (QED) is 0.403. The van der Waals surface area contributed by atoms with Gasteiger partial charge in [-0.15, -0.1) is 10.2 Å². The molecule has 0 saturated heterocycles. The molecule has 0 atom stereocenters. The molecular formula is C27H18N6O2. The van der Waals surface area contributed by atoms with Crippen molar-refractivity contribution in [2.75, 3.05) is 0 Å². The van der Waals surface area contributed by atoms with Gasteiger partial charge in [-0.2, -0.15) is 9.90 Å². The van der Waals surface area contributed by atoms with Crippen molar-refractivity contribution < 1.29 is 9.59 Å². The molecule has 1 N–H and O–H groups in total. The second-order valence-corrected chi connectivity index (χ2v) is 8.15. The van der Waals surface area contributed by atoms with Crippen LogP contribution in [0.1, 0.15) is 31.8 Å². The van der Waals surface area contributed by atoms with Crippen LogP contribution in [0.25, 0.3) is 22.2 Å². The maximum Gasteiger partial charge on any atom is 0.271 e. The molecule has 5 aromatic rings. The second-order valence-electron chi connectivity index (χ2n) is 8.15. The lowest BCUT2D eigenvalue weighted by Gasteiger charge is -2.04. The van der Waals surface area contributed by atoms with Gasteiger partial charge in [0.25, 0.3) is 5.91 Å². The lowest BCUT2D eigenvalue weighted by molar-refractivity contribution is 0.0955. The number of tetrazole rings is 1. The molecule has 35 heavy (non-hydrogen) atoms. The topological polar surface area (TPSA) is 102 Å². The number of nitrogens with one attached hydrogen (secondary N) is 1. The van der Waals surface area contributed by atoms with Crippen LogP contribution in [0, 0.1) is 0 Å². The average molecular weight is 458 g/mol. The van der Waals surface area contributed by atoms with Crippen LogP contribution in [-0.2, 0) is 6.54 Å². The van der Waals surface area contributed by atoms with E-state index in [0.29, 0.717) is 23.5 Å². The van der Waals surface area contributed by atoms with Gasteiger partial charge in [-0.1, -0.05) is 78.9 Å². The zero-order chi connectivity index (χ0) is 23.8. The van der Waals surface area contributed by atoms with Crippen LogP contribution in [0.15, 0.2) is 96.1 Å². The van der Waals surface area contributed by atoms with E-state index >= 15 is 0 Å². The number of aromatic nitrogens is 4. The van der Waals surface area contributed by atoms with E-state index in [1.54, 1.807) is 18.2 Å². The summed E-state index contributed by atoms with van der Waals surface area (Å²) in [5.74, 6) is -0.0344. The number of hydrogen-bond donors (Lipinski definition) is 1. The Labute approximate surface area is 199 Å². The predicted molar refractivity (Wildman–Crippen MR) is 131 cm³/mol. The van der Waals surface area contributed by atoms with Crippen molar-refractivity contribution in [3.63, 3.8) is 0 Å². The van der Waals surface area contributed by atoms with Gasteiger partial charge in [0.1, 0.15) is 5.71 Å². The fourth-order valence-electron chi connectivity index (χ4n) is 4.20. The number of carbonyl (C=O) groups is 2. The fourth-order valence-corrected chi connectivity index (χ4v) is 4.20. The highest BCUT2D eigenvalue weighted by Gasteiger charge is 2.28. The molecule has 1 heterocycles. The van der Waals surface area contributed by atoms with E-state index in [1.807, 2.05) is 72.8 Å². The van der Waals surface area contributed by atoms with Gasteiger partial charge in [0, 0.05) is 27.6 Å². The number of nitrogens with zero attached hydrogens (tertiary/aromatic N) is 5. The van der Waals surface area contributed by atoms with E-state index < -0.39 is 5.91 Å². The van der Waals surface area contributed by atoms with Crippen LogP contribution in [0.2, 0.25) is 0 Å². The summed E-state index contributed by atoms with van der Waals surface area (Å²) in [5, 5.41) is 18.6. The van der Waals surface area contributed by atoms with E-state index in [9.17, 15) is 9.59 Å². The van der Waals surface area contributed by atoms with E-state index in [-0.39, 0.29) is 11.5 Å². The lowest BCUT2D eigenvalue weighted by atomic mass is 10.1. The van der Waals surface area contributed by atoms with Crippen molar-refractivity contribution in [2.45, 2.75) is 6.54 Å². The van der Waals surface area contributed by atoms with Crippen molar-refractivity contribution in [3.8, 4) is 11.4 Å². The summed E-state index contributed by atoms with van der Waals surface area (Å²) in [6, 6.07) is 27.9. The minimum absolute atomic E-state index is 0.192. The molecule has 8 nitrogen and oxygen atoms in total. The van der Waals surface area contributed by atoms with Gasteiger partial charge in [0.2, 0.25) is 11.6 Å². The summed E-state index contributed by atoms with van der Waals surface area (Å²) in [6.45, 7) is 0.417. The first kappa shape index (κ1) is 20.6. The van der Waals surface area contributed by atoms with Crippen molar-refractivity contribution in [1.82, 2.24) is 25.6 Å². The van der Waals surface area contributed by atoms with E-state index in [4.69, 9.17) is 0 Å². The molecule has 0 radical (unpaired) electrons. The molecule has 1 aromatic heterocycles. The van der Waals surface area contributed by atoms with Crippen LogP contribution >= 0.6 is 0 Å². The van der Waals surface area contributed by atoms with Crippen LogP contribution in [0.3, 0.4) is 0 Å². The van der Waals surface area contributed by atoms with Gasteiger partial charge in [-0.25, -0.2) is 5.43 Å². The minimum Gasteiger partial charge on any atom is -0.287 e. The largest absolute Gasteiger partial charge is 0.287 e. The molecule has 0 aliphatic heterocycles. The Morgan fingerprint density at radius 3 is 2.37 bits per heavy atom. The lowest BCUT2D eigenvalue weighted by Crippen LogP contribution is -2.22. The molecular weight excluding hydrogens is 440 g/mol. The Hall–Kier alpha value is -4.98. The molecule has 8 heteroatoms. The summed E-state index contributed by atoms with van der Waals surface area (Å²) in [4.78, 5) is 27.0. The van der Waals surface area contributed by atoms with Crippen LogP contribution in [-0.4, -0.2) is 37.6 Å². The minimum atomic E-state index is -0.398. The molecule has 0 bridgehead atoms. The molecule has 0 spiro atoms. The maximum absolute atomic E-state index is 12.8. The van der Waals surface area contributed by atoms with Crippen molar-refractivity contribution >= 4 is 28.2 Å². The number of ketones is 1. The highest BCUT2D eigenvalue weighted by atomic mass is 16.2. The van der Waals surface area contributed by atoms with E-state index in [1.165, 1.54) is 4.80 Å². The SMILES string of the molecule is O=C(N/N=C1/C(=O)c2cccc3cccc1c23)c1ccc(Cn2nnc(-c3ccccc3)n2)cc1. The van der Waals surface area contributed by atoms with Gasteiger partial charge < -0.3 is 0 Å². The summed E-state index contributed by atoms with van der Waals surface area (Å²) in [5.41, 5.74) is 6.34. The standard InChI is InChI=1S/C27H18N6O2/c34-25-22-11-5-9-18-8-4-10-21(23(18)22)24(25)28-30-27(35)20-14-12-17(13-15-20)16-33-31-26(29-32-33)19-6-2-1-3-7-19/h1-15H,16H2,(H,30,35)/b28-24+. The molecule has 1 amide bonds. The normalized spacial score (nSPS) is 13.5. The van der Waals surface area contributed by atoms with Gasteiger partial charge in [-0.05, 0) is 28.3 Å². The second kappa shape index (κ2) is 8.42. The Morgan fingerprint density at radius 1 is 0.857 bits per heavy atom. The number of amides is 1. The summed E-state index contributed by atoms with van der Waals surface area (Å²) in [6.07, 6.45) is 0. The number of benzene rings is 4. The van der Waals surface area contributed by atoms with Gasteiger partial charge >= 0.3 is 0 Å². The Bertz CT molecular complexity index is 1620. The highest BCUT2D eigenvalue weighted by Crippen LogP contribution is 2.30. The number of hydrogen-bond acceptors (Lipinski definition) is 6. The molecule has 0 saturated carbocycles. The summed E-state index contributed by atoms with van der Waals surface area (Å²) in [7, 11) is 0. The number of hydrazone groups is 1. The molecule has 6 rings (SSSR count). The average Bonchev–Trinajstić information content (AvgIpc) is 3.48. The van der Waals surface area contributed by atoms with Gasteiger partial charge in [0.05, 0.1) is 6.54 Å². The van der Waals surface area contributed by atoms with Crippen molar-refractivity contribution in [3.05, 3.63) is 113 Å². The van der Waals surface area contributed by atoms with Gasteiger partial charge in [-0.3, -0.25) is 9.59 Å². The first-order valence-electron chi connectivity index (χ1n) is 11.0. The van der Waals surface area contributed by atoms with Crippen LogP contribution < -0.4 is 5.43 Å². The zero-order valence-corrected chi connectivity index (χ0v) is 18.4. The zero-order valence-electron chi connectivity index (χ0n) is 18.4. The van der Waals surface area contributed by atoms with Crippen molar-refractivity contribution in [2.24, 2.45) is 5.10 Å². The first-order chi connectivity index (χ1) is 17.2. The highest BCUT2D eigenvalue weighted by molar-refractivity contribution is 6.59. The monoisotopic (exact) mass is 458 g/mol. The van der Waals surface area contributed by atoms with Crippen LogP contribution in [0.5, 0.6) is 0 Å². The Morgan fingerprint density at radius 2 is 1.60 bits per heavy atom. The van der Waals surface area contributed by atoms with Crippen molar-refractivity contribution in [1.29, 1.82) is 0 Å². The molecule has 4 aromatic carbocycles. The Balaban J connectivity index is 1.16. The number of Topliss-reactive ketones (excluding diaryl/α,β-unsaturated/α-hetero) is 1. The molecule has 168 valence electrons.